The molecule has 0 bridgehead atoms. The fraction of sp³-hybridized carbons (Fsp3) is 0.167. The fourth-order valence-corrected chi connectivity index (χ4v) is 2.11. The van der Waals surface area contributed by atoms with Gasteiger partial charge in [-0.15, -0.1) is 0 Å². The van der Waals surface area contributed by atoms with Gasteiger partial charge in [0.05, 0.1) is 0 Å². The fourth-order valence-electron chi connectivity index (χ4n) is 2.11. The number of benzene rings is 1. The Morgan fingerprint density at radius 1 is 1.04 bits per heavy atom. The third kappa shape index (κ3) is 7.42. The second kappa shape index (κ2) is 11.5. The van der Waals surface area contributed by atoms with Crippen LogP contribution in [0.3, 0.4) is 0 Å². The molecule has 1 nitrogen and oxygen atoms in total. The van der Waals surface area contributed by atoms with Gasteiger partial charge in [0.25, 0.3) is 0 Å². The lowest BCUT2D eigenvalue weighted by atomic mass is 10.1. The van der Waals surface area contributed by atoms with E-state index >= 15 is 0 Å². The first kappa shape index (κ1) is 20.1. The number of aromatic amines is 1. The molecule has 0 amide bonds. The van der Waals surface area contributed by atoms with E-state index < -0.39 is 0 Å². The molecule has 1 N–H and O–H groups in total. The highest BCUT2D eigenvalue weighted by Crippen LogP contribution is 2.02. The average Bonchev–Trinajstić information content (AvgIpc) is 3.03. The third-order valence-electron chi connectivity index (χ3n) is 3.31. The van der Waals surface area contributed by atoms with E-state index in [0.29, 0.717) is 0 Å². The van der Waals surface area contributed by atoms with Gasteiger partial charge in [-0.1, -0.05) is 67.0 Å². The van der Waals surface area contributed by atoms with E-state index in [4.69, 9.17) is 0 Å². The van der Waals surface area contributed by atoms with Crippen LogP contribution in [0.25, 0.3) is 12.2 Å². The van der Waals surface area contributed by atoms with Crippen molar-refractivity contribution in [3.63, 3.8) is 0 Å². The van der Waals surface area contributed by atoms with Gasteiger partial charge in [-0.05, 0) is 51.5 Å². The molecule has 25 heavy (non-hydrogen) atoms. The van der Waals surface area contributed by atoms with Gasteiger partial charge in [-0.25, -0.2) is 0 Å². The van der Waals surface area contributed by atoms with Crippen molar-refractivity contribution >= 4 is 12.2 Å². The van der Waals surface area contributed by atoms with Crippen LogP contribution in [0.5, 0.6) is 0 Å². The first-order valence-corrected chi connectivity index (χ1v) is 8.44. The van der Waals surface area contributed by atoms with Crippen LogP contribution < -0.4 is 10.6 Å². The highest BCUT2D eigenvalue weighted by Gasteiger charge is 1.92. The van der Waals surface area contributed by atoms with Crippen LogP contribution in [0.15, 0.2) is 73.0 Å². The molecule has 2 aromatic rings. The van der Waals surface area contributed by atoms with Crippen molar-refractivity contribution in [3.8, 4) is 11.8 Å². The Labute approximate surface area is 151 Å². The molecule has 1 heteroatoms. The van der Waals surface area contributed by atoms with Gasteiger partial charge in [0.1, 0.15) is 0 Å². The normalized spacial score (nSPS) is 12.0. The second-order valence-electron chi connectivity index (χ2n) is 5.45. The molecule has 0 saturated carbocycles. The van der Waals surface area contributed by atoms with E-state index in [1.165, 1.54) is 5.56 Å². The van der Waals surface area contributed by atoms with Crippen LogP contribution in [-0.2, 0) is 0 Å². The number of nitrogens with one attached hydrogen (secondary N) is 1. The largest absolute Gasteiger partial charge is 0.362 e. The van der Waals surface area contributed by atoms with Crippen molar-refractivity contribution in [2.45, 2.75) is 27.7 Å². The summed E-state index contributed by atoms with van der Waals surface area (Å²) in [4.78, 5) is 3.08. The number of hydrogen-bond acceptors (Lipinski definition) is 0. The van der Waals surface area contributed by atoms with Crippen LogP contribution >= 0.6 is 0 Å². The molecule has 0 aliphatic rings. The van der Waals surface area contributed by atoms with Crippen LogP contribution in [0, 0.1) is 18.8 Å². The minimum atomic E-state index is 0.895. The zero-order valence-electron chi connectivity index (χ0n) is 15.6. The Hall–Kier alpha value is -2.98. The predicted molar refractivity (Wildman–Crippen MR) is 111 cm³/mol. The Morgan fingerprint density at radius 2 is 1.76 bits per heavy atom. The van der Waals surface area contributed by atoms with Gasteiger partial charge in [0.2, 0.25) is 0 Å². The van der Waals surface area contributed by atoms with E-state index in [0.717, 1.165) is 21.7 Å². The maximum Gasteiger partial charge on any atom is 0.0393 e. The molecule has 1 aromatic heterocycles. The van der Waals surface area contributed by atoms with Crippen molar-refractivity contribution < 1.29 is 0 Å². The Kier molecular flexibility index (Phi) is 9.26. The van der Waals surface area contributed by atoms with Gasteiger partial charge in [0.15, 0.2) is 0 Å². The molecule has 0 atom stereocenters. The van der Waals surface area contributed by atoms with Gasteiger partial charge >= 0.3 is 0 Å². The van der Waals surface area contributed by atoms with Crippen LogP contribution in [0.1, 0.15) is 31.9 Å². The van der Waals surface area contributed by atoms with Crippen LogP contribution in [0.4, 0.5) is 0 Å². The summed E-state index contributed by atoms with van der Waals surface area (Å²) in [5, 5.41) is 1.95. The molecule has 0 unspecified atom stereocenters. The summed E-state index contributed by atoms with van der Waals surface area (Å²) in [5.74, 6) is 6.43. The number of aromatic nitrogens is 1. The van der Waals surface area contributed by atoms with Crippen molar-refractivity contribution in [3.05, 3.63) is 94.7 Å². The molecular weight excluding hydrogens is 302 g/mol. The molecule has 0 fully saturated rings. The van der Waals surface area contributed by atoms with E-state index in [2.05, 4.69) is 42.5 Å². The summed E-state index contributed by atoms with van der Waals surface area (Å²) in [6.45, 7) is 12.0. The molecule has 1 aromatic carbocycles. The molecule has 0 saturated heterocycles. The highest BCUT2D eigenvalue weighted by atomic mass is 14.6. The summed E-state index contributed by atoms with van der Waals surface area (Å²) in [5.41, 5.74) is 3.23. The highest BCUT2D eigenvalue weighted by molar-refractivity contribution is 5.73. The lowest BCUT2D eigenvalue weighted by Gasteiger charge is -1.93. The summed E-state index contributed by atoms with van der Waals surface area (Å²) < 4.78 is 0. The van der Waals surface area contributed by atoms with E-state index in [9.17, 15) is 0 Å². The zero-order valence-corrected chi connectivity index (χ0v) is 15.6. The molecule has 0 spiro atoms. The quantitative estimate of drug-likeness (QED) is 0.610. The topological polar surface area (TPSA) is 15.8 Å². The molecule has 2 rings (SSSR count). The van der Waals surface area contributed by atoms with Gasteiger partial charge < -0.3 is 4.98 Å². The molecule has 0 radical (unpaired) electrons. The maximum absolute atomic E-state index is 3.97. The standard InChI is InChI=1S/C18H17N.C6H10/c1-4-6-17(18-11-12-19-15(18)3)10-9-16-8-5-7-14(2)13-16;1-3-5-6-4-2/h4-8,11-13,19H,3H2,1-2H3;3-6H,1-2H3/b6-4-,18-17+;5-3-,6-4-. The van der Waals surface area contributed by atoms with Crippen molar-refractivity contribution in [2.24, 2.45) is 0 Å². The first-order valence-electron chi connectivity index (χ1n) is 8.44. The number of allylic oxidation sites excluding steroid dienone is 6. The first-order chi connectivity index (χ1) is 12.1. The Bertz CT molecular complexity index is 899. The lowest BCUT2D eigenvalue weighted by molar-refractivity contribution is 1.32. The van der Waals surface area contributed by atoms with E-state index in [1.54, 1.807) is 0 Å². The average molecular weight is 329 g/mol. The third-order valence-corrected chi connectivity index (χ3v) is 3.31. The summed E-state index contributed by atoms with van der Waals surface area (Å²) in [7, 11) is 0. The predicted octanol–water partition coefficient (Wildman–Crippen LogP) is 4.65. The molecule has 0 aliphatic heterocycles. The van der Waals surface area contributed by atoms with Crippen molar-refractivity contribution in [1.29, 1.82) is 0 Å². The monoisotopic (exact) mass is 329 g/mol. The van der Waals surface area contributed by atoms with E-state index in [-0.39, 0.29) is 0 Å². The van der Waals surface area contributed by atoms with Crippen LogP contribution in [-0.4, -0.2) is 4.98 Å². The molecular formula is C24H27N. The van der Waals surface area contributed by atoms with Crippen LogP contribution in [0.2, 0.25) is 0 Å². The minimum Gasteiger partial charge on any atom is -0.362 e. The number of aryl methyl sites for hydroxylation is 1. The molecule has 1 heterocycles. The summed E-state index contributed by atoms with van der Waals surface area (Å²) in [6, 6.07) is 10.2. The smallest absolute Gasteiger partial charge is 0.0393 e. The second-order valence-corrected chi connectivity index (χ2v) is 5.45. The minimum absolute atomic E-state index is 0.895. The zero-order chi connectivity index (χ0) is 18.5. The summed E-state index contributed by atoms with van der Waals surface area (Å²) in [6.07, 6.45) is 13.9. The van der Waals surface area contributed by atoms with Gasteiger partial charge in [0, 0.05) is 27.9 Å². The van der Waals surface area contributed by atoms with Crippen molar-refractivity contribution in [2.75, 3.05) is 0 Å². The molecule has 128 valence electrons. The maximum atomic E-state index is 3.97. The lowest BCUT2D eigenvalue weighted by Crippen LogP contribution is -2.22. The van der Waals surface area contributed by atoms with Crippen molar-refractivity contribution in [1.82, 2.24) is 4.98 Å². The SMILES string of the molecule is C/C=C\C=C/C.C=c1[nH]cc/c1=C(C#Cc1cccc(C)c1)/C=C\C. The number of hydrogen-bond donors (Lipinski definition) is 1. The van der Waals surface area contributed by atoms with Gasteiger partial charge in [-0.3, -0.25) is 0 Å². The Morgan fingerprint density at radius 3 is 2.28 bits per heavy atom. The van der Waals surface area contributed by atoms with Gasteiger partial charge in [-0.2, -0.15) is 0 Å². The number of H-pyrrole nitrogens is 1. The van der Waals surface area contributed by atoms with E-state index in [1.807, 2.05) is 81.6 Å². The number of rotatable bonds is 2. The Balaban J connectivity index is 0.000000450. The molecule has 0 aliphatic carbocycles. The summed E-state index contributed by atoms with van der Waals surface area (Å²) >= 11 is 0.